The van der Waals surface area contributed by atoms with Gasteiger partial charge in [0.1, 0.15) is 6.04 Å². The third kappa shape index (κ3) is 8.27. The molecule has 0 radical (unpaired) electrons. The average molecular weight is 720 g/mol. The summed E-state index contributed by atoms with van der Waals surface area (Å²) in [5.74, 6) is -0.679. The number of nitrogens with zero attached hydrogens (tertiary/aromatic N) is 3. The van der Waals surface area contributed by atoms with E-state index in [2.05, 4.69) is 15.7 Å². The number of rotatable bonds is 12. The van der Waals surface area contributed by atoms with Gasteiger partial charge in [-0.25, -0.2) is 9.80 Å². The molecule has 278 valence electrons. The summed E-state index contributed by atoms with van der Waals surface area (Å²) in [4.78, 5) is 46.9. The first-order chi connectivity index (χ1) is 25.4. The number of aromatic nitrogens is 1. The van der Waals surface area contributed by atoms with Gasteiger partial charge in [-0.05, 0) is 63.8 Å². The maximum absolute atomic E-state index is 14.8. The predicted octanol–water partition coefficient (Wildman–Crippen LogP) is 4.83. The maximum atomic E-state index is 14.8. The average Bonchev–Trinajstić information content (AvgIpc) is 3.60. The standard InChI is InChI=1S/C42H49N5O6/c1-41(2,3)37(44-40(52)53-4)38(50)45-46(26-29-14-16-30(17-15-29)31-18-21-43-22-19-31)23-20-42(25-28-10-6-5-7-11-28)35(49)27-47(39(42)51)36-33-13-9-8-12-32(33)24-34(36)48/h5-19,21-22,34-37,48-49H,20,23-27H2,1-4H3,(H,44,52)(H,45,50)/t34-,35+,36+,37-,42+/m1/s1. The van der Waals surface area contributed by atoms with E-state index in [0.717, 1.165) is 33.4 Å². The molecule has 0 bridgehead atoms. The number of carbonyl (C=O) groups is 3. The van der Waals surface area contributed by atoms with Gasteiger partial charge in [0.25, 0.3) is 5.91 Å². The van der Waals surface area contributed by atoms with Gasteiger partial charge in [-0.1, -0.05) is 99.6 Å². The van der Waals surface area contributed by atoms with Crippen LogP contribution in [-0.4, -0.2) is 81.5 Å². The number of amides is 3. The lowest BCUT2D eigenvalue weighted by Crippen LogP contribution is -2.57. The number of benzene rings is 3. The highest BCUT2D eigenvalue weighted by Gasteiger charge is 2.56. The molecule has 1 aliphatic heterocycles. The molecule has 4 N–H and O–H groups in total. The summed E-state index contributed by atoms with van der Waals surface area (Å²) in [7, 11) is 1.25. The highest BCUT2D eigenvalue weighted by atomic mass is 16.5. The lowest BCUT2D eigenvalue weighted by Gasteiger charge is -2.36. The Hall–Kier alpha value is -5.10. The number of pyridine rings is 1. The van der Waals surface area contributed by atoms with Crippen LogP contribution in [0.25, 0.3) is 11.1 Å². The summed E-state index contributed by atoms with van der Waals surface area (Å²) in [6.45, 7) is 6.09. The smallest absolute Gasteiger partial charge is 0.407 e. The summed E-state index contributed by atoms with van der Waals surface area (Å²) in [6, 6.07) is 27.7. The van der Waals surface area contributed by atoms with Crippen molar-refractivity contribution in [3.05, 3.63) is 126 Å². The second kappa shape index (κ2) is 15.9. The molecule has 3 amide bonds. The van der Waals surface area contributed by atoms with Crippen molar-refractivity contribution >= 4 is 17.9 Å². The van der Waals surface area contributed by atoms with Gasteiger partial charge in [0.15, 0.2) is 0 Å². The van der Waals surface area contributed by atoms with E-state index in [-0.39, 0.29) is 38.4 Å². The van der Waals surface area contributed by atoms with E-state index in [9.17, 15) is 24.6 Å². The van der Waals surface area contributed by atoms with Crippen molar-refractivity contribution in [3.63, 3.8) is 0 Å². The third-order valence-electron chi connectivity index (χ3n) is 10.6. The van der Waals surface area contributed by atoms with Crippen molar-refractivity contribution in [2.24, 2.45) is 10.8 Å². The number of alkyl carbamates (subject to hydrolysis) is 1. The van der Waals surface area contributed by atoms with Crippen LogP contribution in [-0.2, 0) is 33.7 Å². The minimum Gasteiger partial charge on any atom is -0.453 e. The van der Waals surface area contributed by atoms with Gasteiger partial charge in [-0.2, -0.15) is 0 Å². The number of hydrazine groups is 1. The van der Waals surface area contributed by atoms with E-state index in [0.29, 0.717) is 6.42 Å². The summed E-state index contributed by atoms with van der Waals surface area (Å²) < 4.78 is 4.83. The predicted molar refractivity (Wildman–Crippen MR) is 201 cm³/mol. The van der Waals surface area contributed by atoms with Crippen LogP contribution >= 0.6 is 0 Å². The van der Waals surface area contributed by atoms with Crippen molar-refractivity contribution in [3.8, 4) is 11.1 Å². The molecule has 2 heterocycles. The molecule has 4 aromatic rings. The monoisotopic (exact) mass is 719 g/mol. The Labute approximate surface area is 311 Å². The van der Waals surface area contributed by atoms with Crippen LogP contribution in [0.4, 0.5) is 4.79 Å². The maximum Gasteiger partial charge on any atom is 0.407 e. The fourth-order valence-corrected chi connectivity index (χ4v) is 7.71. The number of carbonyl (C=O) groups excluding carboxylic acids is 3. The van der Waals surface area contributed by atoms with E-state index >= 15 is 0 Å². The third-order valence-corrected chi connectivity index (χ3v) is 10.6. The topological polar surface area (TPSA) is 144 Å². The van der Waals surface area contributed by atoms with Crippen LogP contribution < -0.4 is 10.7 Å². The SMILES string of the molecule is COC(=O)N[C@H](C(=O)NN(CC[C@@]1(Cc2ccccc2)C(=O)N([C@H]2c3ccccc3C[C@H]2O)C[C@@H]1O)Cc1ccc(-c2ccncc2)cc1)C(C)(C)C. The number of aliphatic hydroxyl groups excluding tert-OH is 2. The molecular formula is C42H49N5O6. The zero-order valence-corrected chi connectivity index (χ0v) is 30.7. The van der Waals surface area contributed by atoms with Crippen LogP contribution in [0.5, 0.6) is 0 Å². The number of fused-ring (bicyclic) bond motifs is 1. The molecule has 0 unspecified atom stereocenters. The van der Waals surface area contributed by atoms with E-state index in [1.807, 2.05) is 112 Å². The van der Waals surface area contributed by atoms with Crippen molar-refractivity contribution in [2.45, 2.75) is 70.9 Å². The van der Waals surface area contributed by atoms with E-state index in [1.54, 1.807) is 22.3 Å². The van der Waals surface area contributed by atoms with E-state index in [1.165, 1.54) is 7.11 Å². The first-order valence-electron chi connectivity index (χ1n) is 18.1. The van der Waals surface area contributed by atoms with Crippen molar-refractivity contribution in [1.82, 2.24) is 25.6 Å². The molecule has 0 spiro atoms. The highest BCUT2D eigenvalue weighted by Crippen LogP contribution is 2.46. The molecule has 1 aliphatic carbocycles. The largest absolute Gasteiger partial charge is 0.453 e. The molecule has 1 aromatic heterocycles. The number of β-amino-alcohol motifs (C(OH)–C–C–N with tert-alkyl or cyclic N) is 1. The minimum atomic E-state index is -1.25. The number of aliphatic hydroxyl groups is 2. The van der Waals surface area contributed by atoms with Crippen molar-refractivity contribution < 1.29 is 29.3 Å². The number of hydrogen-bond donors (Lipinski definition) is 4. The second-order valence-corrected chi connectivity index (χ2v) is 15.2. The molecular weight excluding hydrogens is 670 g/mol. The fraction of sp³-hybridized carbons (Fsp3) is 0.381. The first kappa shape index (κ1) is 37.7. The van der Waals surface area contributed by atoms with Crippen molar-refractivity contribution in [1.29, 1.82) is 0 Å². The van der Waals surface area contributed by atoms with Gasteiger partial charge in [-0.15, -0.1) is 0 Å². The van der Waals surface area contributed by atoms with Crippen molar-refractivity contribution in [2.75, 3.05) is 20.2 Å². The number of hydrogen-bond acceptors (Lipinski definition) is 8. The Bertz CT molecular complexity index is 1880. The quantitative estimate of drug-likeness (QED) is 0.153. The molecule has 53 heavy (non-hydrogen) atoms. The molecule has 11 heteroatoms. The van der Waals surface area contributed by atoms with E-state index < -0.39 is 47.1 Å². The number of nitrogens with one attached hydrogen (secondary N) is 2. The van der Waals surface area contributed by atoms with Crippen LogP contribution in [0.1, 0.15) is 55.5 Å². The van der Waals surface area contributed by atoms with Gasteiger partial charge in [0.05, 0.1) is 30.8 Å². The Morgan fingerprint density at radius 2 is 1.60 bits per heavy atom. The Balaban J connectivity index is 1.31. The van der Waals surface area contributed by atoms with Gasteiger partial charge in [0, 0.05) is 38.4 Å². The zero-order valence-electron chi connectivity index (χ0n) is 30.7. The highest BCUT2D eigenvalue weighted by molar-refractivity contribution is 5.87. The fourth-order valence-electron chi connectivity index (χ4n) is 7.71. The summed E-state index contributed by atoms with van der Waals surface area (Å²) in [5, 5.41) is 27.6. The van der Waals surface area contributed by atoms with Gasteiger partial charge in [0.2, 0.25) is 5.91 Å². The molecule has 1 fully saturated rings. The molecule has 5 atom stereocenters. The molecule has 11 nitrogen and oxygen atoms in total. The lowest BCUT2D eigenvalue weighted by molar-refractivity contribution is -0.142. The van der Waals surface area contributed by atoms with E-state index in [4.69, 9.17) is 4.74 Å². The minimum absolute atomic E-state index is 0.0691. The van der Waals surface area contributed by atoms with Crippen LogP contribution in [0.2, 0.25) is 0 Å². The Morgan fingerprint density at radius 1 is 0.943 bits per heavy atom. The normalized spacial score (nSPS) is 21.7. The molecule has 1 saturated heterocycles. The summed E-state index contributed by atoms with van der Waals surface area (Å²) in [5.41, 5.74) is 6.84. The molecule has 0 saturated carbocycles. The molecule has 6 rings (SSSR count). The Morgan fingerprint density at radius 3 is 2.28 bits per heavy atom. The first-order valence-corrected chi connectivity index (χ1v) is 18.1. The molecule has 3 aromatic carbocycles. The van der Waals surface area contributed by atoms with Gasteiger partial charge in [-0.3, -0.25) is 20.0 Å². The number of likely N-dealkylation sites (tertiary alicyclic amines) is 1. The summed E-state index contributed by atoms with van der Waals surface area (Å²) >= 11 is 0. The zero-order chi connectivity index (χ0) is 37.8. The molecule has 2 aliphatic rings. The van der Waals surface area contributed by atoms with Crippen LogP contribution in [0.3, 0.4) is 0 Å². The van der Waals surface area contributed by atoms with Gasteiger partial charge < -0.3 is 25.2 Å². The van der Waals surface area contributed by atoms with Gasteiger partial charge >= 0.3 is 6.09 Å². The Kier molecular flexibility index (Phi) is 11.3. The summed E-state index contributed by atoms with van der Waals surface area (Å²) in [6.07, 6.45) is 1.82. The number of methoxy groups -OCH3 is 1. The van der Waals surface area contributed by atoms with Crippen LogP contribution in [0.15, 0.2) is 103 Å². The number of ether oxygens (including phenoxy) is 1. The lowest BCUT2D eigenvalue weighted by atomic mass is 9.75. The van der Waals surface area contributed by atoms with Crippen LogP contribution in [0, 0.1) is 10.8 Å². The second-order valence-electron chi connectivity index (χ2n) is 15.2.